The first-order chi connectivity index (χ1) is 13.7. The van der Waals surface area contributed by atoms with Gasteiger partial charge in [-0.25, -0.2) is 4.79 Å². The van der Waals surface area contributed by atoms with E-state index in [-0.39, 0.29) is 25.2 Å². The Morgan fingerprint density at radius 1 is 1.21 bits per heavy atom. The molecule has 148 valence electrons. The Bertz CT molecular complexity index is 908. The molecule has 2 aromatic rings. The van der Waals surface area contributed by atoms with Gasteiger partial charge in [0.25, 0.3) is 0 Å². The van der Waals surface area contributed by atoms with Gasteiger partial charge in [0.1, 0.15) is 5.00 Å². The molecule has 1 aliphatic carbocycles. The summed E-state index contributed by atoms with van der Waals surface area (Å²) >= 11 is 1.48. The summed E-state index contributed by atoms with van der Waals surface area (Å²) in [6, 6.07) is 5.69. The van der Waals surface area contributed by atoms with Crippen molar-refractivity contribution in [2.24, 2.45) is 0 Å². The lowest BCUT2D eigenvalue weighted by atomic mass is 10.1. The predicted molar refractivity (Wildman–Crippen MR) is 105 cm³/mol. The van der Waals surface area contributed by atoms with E-state index in [1.165, 1.54) is 16.2 Å². The summed E-state index contributed by atoms with van der Waals surface area (Å²) in [7, 11) is 0. The monoisotopic (exact) mass is 402 g/mol. The molecule has 0 saturated carbocycles. The van der Waals surface area contributed by atoms with E-state index in [9.17, 15) is 9.59 Å². The number of carbonyl (C=O) groups excluding carboxylic acids is 2. The molecular weight excluding hydrogens is 380 g/mol. The lowest BCUT2D eigenvalue weighted by Gasteiger charge is -2.09. The molecule has 0 radical (unpaired) electrons. The van der Waals surface area contributed by atoms with Crippen LogP contribution >= 0.6 is 11.3 Å². The Morgan fingerprint density at radius 3 is 2.93 bits per heavy atom. The minimum absolute atomic E-state index is 0.138. The van der Waals surface area contributed by atoms with Gasteiger partial charge in [0.2, 0.25) is 12.7 Å². The van der Waals surface area contributed by atoms with Crippen molar-refractivity contribution in [1.82, 2.24) is 5.32 Å². The van der Waals surface area contributed by atoms with E-state index in [1.807, 2.05) is 18.2 Å². The third-order valence-corrected chi connectivity index (χ3v) is 5.91. The highest BCUT2D eigenvalue weighted by Gasteiger charge is 2.28. The number of thiophene rings is 1. The summed E-state index contributed by atoms with van der Waals surface area (Å²) in [5.74, 6) is 0.909. The molecule has 2 N–H and O–H groups in total. The van der Waals surface area contributed by atoms with Crippen molar-refractivity contribution < 1.29 is 23.8 Å². The fourth-order valence-electron chi connectivity index (χ4n) is 3.45. The molecule has 4 rings (SSSR count). The highest BCUT2D eigenvalue weighted by molar-refractivity contribution is 7.17. The van der Waals surface area contributed by atoms with E-state index in [4.69, 9.17) is 14.2 Å². The molecule has 7 nitrogen and oxygen atoms in total. The van der Waals surface area contributed by atoms with Crippen molar-refractivity contribution >= 4 is 28.2 Å². The van der Waals surface area contributed by atoms with Gasteiger partial charge in [-0.2, -0.15) is 0 Å². The summed E-state index contributed by atoms with van der Waals surface area (Å²) in [6.07, 6.45) is 2.85. The van der Waals surface area contributed by atoms with Crippen molar-refractivity contribution in [3.8, 4) is 11.5 Å². The topological polar surface area (TPSA) is 85.9 Å². The first kappa shape index (κ1) is 18.8. The van der Waals surface area contributed by atoms with Crippen LogP contribution in [0.1, 0.15) is 39.7 Å². The number of aryl methyl sites for hydroxylation is 1. The van der Waals surface area contributed by atoms with Crippen molar-refractivity contribution in [1.29, 1.82) is 0 Å². The van der Waals surface area contributed by atoms with Crippen LogP contribution in [0, 0.1) is 0 Å². The van der Waals surface area contributed by atoms with Gasteiger partial charge in [0.15, 0.2) is 11.5 Å². The molecule has 8 heteroatoms. The molecule has 0 bridgehead atoms. The van der Waals surface area contributed by atoms with Gasteiger partial charge in [-0.05, 0) is 49.4 Å². The summed E-state index contributed by atoms with van der Waals surface area (Å²) in [6.45, 7) is 2.99. The van der Waals surface area contributed by atoms with Crippen LogP contribution in [0.5, 0.6) is 11.5 Å². The number of hydrogen-bond donors (Lipinski definition) is 2. The van der Waals surface area contributed by atoms with Gasteiger partial charge < -0.3 is 24.8 Å². The second-order valence-electron chi connectivity index (χ2n) is 6.62. The molecule has 0 unspecified atom stereocenters. The average Bonchev–Trinajstić information content (AvgIpc) is 3.36. The van der Waals surface area contributed by atoms with Gasteiger partial charge in [-0.15, -0.1) is 11.3 Å². The standard InChI is InChI=1S/C20H22N2O5S/c1-2-25-20(24)18-13-4-3-5-16(13)28-19(18)22-17(23)10-21-9-12-6-7-14-15(8-12)27-11-26-14/h6-8,21H,2-5,9-11H2,1H3,(H,22,23). The Labute approximate surface area is 167 Å². The van der Waals surface area contributed by atoms with Crippen molar-refractivity contribution in [3.05, 3.63) is 39.8 Å². The minimum Gasteiger partial charge on any atom is -0.462 e. The van der Waals surface area contributed by atoms with Gasteiger partial charge in [-0.3, -0.25) is 4.79 Å². The molecule has 0 atom stereocenters. The molecule has 1 aromatic carbocycles. The van der Waals surface area contributed by atoms with Crippen LogP contribution < -0.4 is 20.1 Å². The second kappa shape index (κ2) is 8.20. The molecule has 28 heavy (non-hydrogen) atoms. The van der Waals surface area contributed by atoms with Crippen molar-refractivity contribution in [3.63, 3.8) is 0 Å². The first-order valence-electron chi connectivity index (χ1n) is 9.36. The summed E-state index contributed by atoms with van der Waals surface area (Å²) in [5, 5.41) is 6.59. The largest absolute Gasteiger partial charge is 0.462 e. The van der Waals surface area contributed by atoms with E-state index in [0.29, 0.717) is 23.7 Å². The fraction of sp³-hybridized carbons (Fsp3) is 0.400. The lowest BCUT2D eigenvalue weighted by Crippen LogP contribution is -2.28. The molecule has 2 aliphatic rings. The van der Waals surface area contributed by atoms with Crippen molar-refractivity contribution in [2.45, 2.75) is 32.7 Å². The molecule has 2 heterocycles. The van der Waals surface area contributed by atoms with Gasteiger partial charge in [0, 0.05) is 11.4 Å². The number of rotatable bonds is 7. The summed E-state index contributed by atoms with van der Waals surface area (Å²) in [5.41, 5.74) is 2.56. The van der Waals surface area contributed by atoms with E-state index >= 15 is 0 Å². The molecule has 1 aliphatic heterocycles. The smallest absolute Gasteiger partial charge is 0.341 e. The number of anilines is 1. The Kier molecular flexibility index (Phi) is 5.50. The molecule has 1 amide bonds. The Morgan fingerprint density at radius 2 is 2.07 bits per heavy atom. The number of carbonyl (C=O) groups is 2. The maximum absolute atomic E-state index is 12.4. The highest BCUT2D eigenvalue weighted by Crippen LogP contribution is 2.39. The zero-order chi connectivity index (χ0) is 19.5. The van der Waals surface area contributed by atoms with Crippen LogP contribution in [0.2, 0.25) is 0 Å². The van der Waals surface area contributed by atoms with Gasteiger partial charge >= 0.3 is 5.97 Å². The molecule has 0 spiro atoms. The van der Waals surface area contributed by atoms with Crippen LogP contribution in [0.4, 0.5) is 5.00 Å². The SMILES string of the molecule is CCOC(=O)c1c(NC(=O)CNCc2ccc3c(c2)OCO3)sc2c1CCC2. The molecule has 1 aromatic heterocycles. The van der Waals surface area contributed by atoms with Crippen molar-refractivity contribution in [2.75, 3.05) is 25.3 Å². The predicted octanol–water partition coefficient (Wildman–Crippen LogP) is 2.87. The number of fused-ring (bicyclic) bond motifs is 2. The van der Waals surface area contributed by atoms with E-state index in [2.05, 4.69) is 10.6 Å². The van der Waals surface area contributed by atoms with Crippen LogP contribution in [0.3, 0.4) is 0 Å². The molecule has 0 fully saturated rings. The maximum atomic E-state index is 12.4. The normalized spacial score (nSPS) is 14.0. The van der Waals surface area contributed by atoms with Crippen LogP contribution in [-0.4, -0.2) is 31.8 Å². The second-order valence-corrected chi connectivity index (χ2v) is 7.73. The minimum atomic E-state index is -0.356. The number of benzene rings is 1. The zero-order valence-electron chi connectivity index (χ0n) is 15.6. The average molecular weight is 402 g/mol. The Balaban J connectivity index is 1.36. The quantitative estimate of drug-likeness (QED) is 0.693. The summed E-state index contributed by atoms with van der Waals surface area (Å²) in [4.78, 5) is 25.9. The van der Waals surface area contributed by atoms with Gasteiger partial charge in [-0.1, -0.05) is 6.07 Å². The lowest BCUT2D eigenvalue weighted by molar-refractivity contribution is -0.115. The number of esters is 1. The van der Waals surface area contributed by atoms with Crippen LogP contribution in [0.15, 0.2) is 18.2 Å². The number of ether oxygens (including phenoxy) is 3. The third kappa shape index (κ3) is 3.83. The number of hydrogen-bond acceptors (Lipinski definition) is 7. The summed E-state index contributed by atoms with van der Waals surface area (Å²) < 4.78 is 15.8. The van der Waals surface area contributed by atoms with E-state index in [1.54, 1.807) is 6.92 Å². The first-order valence-corrected chi connectivity index (χ1v) is 10.2. The van der Waals surface area contributed by atoms with Gasteiger partial charge in [0.05, 0.1) is 18.7 Å². The third-order valence-electron chi connectivity index (χ3n) is 4.71. The number of nitrogens with one attached hydrogen (secondary N) is 2. The Hall–Kier alpha value is -2.58. The molecular formula is C20H22N2O5S. The molecule has 0 saturated heterocycles. The van der Waals surface area contributed by atoms with E-state index < -0.39 is 0 Å². The van der Waals surface area contributed by atoms with Crippen LogP contribution in [0.25, 0.3) is 0 Å². The highest BCUT2D eigenvalue weighted by atomic mass is 32.1. The number of amides is 1. The fourth-order valence-corrected chi connectivity index (χ4v) is 4.75. The van der Waals surface area contributed by atoms with Crippen LogP contribution in [-0.2, 0) is 28.9 Å². The zero-order valence-corrected chi connectivity index (χ0v) is 16.4. The maximum Gasteiger partial charge on any atom is 0.341 e. The van der Waals surface area contributed by atoms with E-state index in [0.717, 1.165) is 41.9 Å².